The first-order valence-electron chi connectivity index (χ1n) is 15.0. The van der Waals surface area contributed by atoms with E-state index in [4.69, 9.17) is 31.3 Å². The largest absolute Gasteiger partial charge is 0.412 e. The summed E-state index contributed by atoms with van der Waals surface area (Å²) in [6, 6.07) is 0. The summed E-state index contributed by atoms with van der Waals surface area (Å²) in [5.41, 5.74) is -0.690. The van der Waals surface area contributed by atoms with Crippen LogP contribution < -0.4 is 0 Å². The molecule has 0 fully saturated rings. The lowest BCUT2D eigenvalue weighted by atomic mass is 10.2. The van der Waals surface area contributed by atoms with Gasteiger partial charge in [0.25, 0.3) is 0 Å². The Labute approximate surface area is 246 Å². The van der Waals surface area contributed by atoms with Crippen molar-refractivity contribution < 1.29 is 31.3 Å². The van der Waals surface area contributed by atoms with Gasteiger partial charge < -0.3 is 31.3 Å². The van der Waals surface area contributed by atoms with Gasteiger partial charge in [0.2, 0.25) is 0 Å². The maximum absolute atomic E-state index is 7.52. The van der Waals surface area contributed by atoms with Crippen molar-refractivity contribution >= 4 is 25.7 Å². The van der Waals surface area contributed by atoms with Crippen molar-refractivity contribution in [3.63, 3.8) is 0 Å². The van der Waals surface area contributed by atoms with Crippen LogP contribution in [0.15, 0.2) is 0 Å². The molecule has 3 atom stereocenters. The van der Waals surface area contributed by atoms with Crippen molar-refractivity contribution in [3.8, 4) is 0 Å². The Morgan fingerprint density at radius 3 is 1.08 bits per heavy atom. The summed E-state index contributed by atoms with van der Waals surface area (Å²) < 4.78 is 47.8. The number of rotatable bonds is 17. The third-order valence-electron chi connectivity index (χ3n) is 6.27. The van der Waals surface area contributed by atoms with Gasteiger partial charge in [-0.2, -0.15) is 0 Å². The summed E-state index contributed by atoms with van der Waals surface area (Å²) in [4.78, 5) is 0. The predicted octanol–water partition coefficient (Wildman–Crippen LogP) is 8.10. The van der Waals surface area contributed by atoms with Gasteiger partial charge in [-0.15, -0.1) is 0 Å². The van der Waals surface area contributed by atoms with Crippen molar-refractivity contribution in [2.75, 3.05) is 25.3 Å². The molecular weight excluding hydrogens is 545 g/mol. The first kappa shape index (κ1) is 39.4. The third-order valence-corrected chi connectivity index (χ3v) is 20.4. The molecule has 0 N–H and O–H groups in total. The SMILES string of the molecule is CCO[Si](COC(C)(C)C)(O[Si](COC(C)(C)C)(O[Si](COC(C)(C)C)(OC(C)C)C(C)C)C(C)C)C(C)C. The molecule has 0 aromatic rings. The molecule has 0 rings (SSSR count). The second kappa shape index (κ2) is 15.2. The zero-order valence-corrected chi connectivity index (χ0v) is 32.0. The van der Waals surface area contributed by atoms with E-state index in [-0.39, 0.29) is 39.5 Å². The predicted molar refractivity (Wildman–Crippen MR) is 170 cm³/mol. The molecule has 0 aromatic carbocycles. The van der Waals surface area contributed by atoms with Crippen LogP contribution in [0.3, 0.4) is 0 Å². The molecule has 0 aliphatic carbocycles. The molecule has 0 amide bonds. The van der Waals surface area contributed by atoms with Gasteiger partial charge in [0, 0.05) is 12.7 Å². The Balaban J connectivity index is 7.15. The highest BCUT2D eigenvalue weighted by atomic mass is 28.5. The minimum Gasteiger partial charge on any atom is -0.412 e. The fourth-order valence-electron chi connectivity index (χ4n) is 3.72. The molecular formula is C29H66O7Si3. The number of hydrogen-bond donors (Lipinski definition) is 0. The molecule has 3 unspecified atom stereocenters. The van der Waals surface area contributed by atoms with Gasteiger partial charge in [0.05, 0.1) is 35.5 Å². The zero-order valence-electron chi connectivity index (χ0n) is 29.0. The van der Waals surface area contributed by atoms with Crippen LogP contribution in [0.25, 0.3) is 0 Å². The highest BCUT2D eigenvalue weighted by Crippen LogP contribution is 2.40. The van der Waals surface area contributed by atoms with Crippen molar-refractivity contribution in [3.05, 3.63) is 0 Å². The molecule has 0 saturated heterocycles. The lowest BCUT2D eigenvalue weighted by Crippen LogP contribution is -2.69. The summed E-state index contributed by atoms with van der Waals surface area (Å²) in [6.45, 7) is 38.5. The zero-order chi connectivity index (χ0) is 31.1. The first-order valence-corrected chi connectivity index (χ1v) is 21.3. The Kier molecular flexibility index (Phi) is 15.3. The van der Waals surface area contributed by atoms with Crippen LogP contribution in [-0.4, -0.2) is 73.9 Å². The van der Waals surface area contributed by atoms with E-state index in [0.717, 1.165) is 0 Å². The van der Waals surface area contributed by atoms with Crippen LogP contribution in [0.5, 0.6) is 0 Å². The molecule has 0 heterocycles. The third kappa shape index (κ3) is 13.9. The lowest BCUT2D eigenvalue weighted by molar-refractivity contribution is -0.0133. The van der Waals surface area contributed by atoms with Crippen LogP contribution in [0.1, 0.15) is 125 Å². The van der Waals surface area contributed by atoms with E-state index < -0.39 is 25.7 Å². The van der Waals surface area contributed by atoms with Crippen molar-refractivity contribution in [1.82, 2.24) is 0 Å². The van der Waals surface area contributed by atoms with Crippen LogP contribution in [0.4, 0.5) is 0 Å². The van der Waals surface area contributed by atoms with E-state index in [0.29, 0.717) is 25.3 Å². The Hall–Kier alpha value is 0.371. The van der Waals surface area contributed by atoms with Gasteiger partial charge in [-0.1, -0.05) is 41.5 Å². The monoisotopic (exact) mass is 610 g/mol. The number of ether oxygens (including phenoxy) is 3. The van der Waals surface area contributed by atoms with Crippen LogP contribution in [0.2, 0.25) is 16.6 Å². The van der Waals surface area contributed by atoms with E-state index in [2.05, 4.69) is 118 Å². The molecule has 0 spiro atoms. The minimum absolute atomic E-state index is 0.0201. The standard InChI is InChI=1S/C29H66O7Si3/c1-19-33-37(24(4)5,20-30-27(10,11)12)35-39(26(8)9,22-32-29(16,17)18)36-38(25(6)7,34-23(2)3)21-31-28(13,14)15/h23-26H,19-22H2,1-18H3. The van der Waals surface area contributed by atoms with E-state index in [1.54, 1.807) is 0 Å². The molecule has 0 radical (unpaired) electrons. The van der Waals surface area contributed by atoms with Crippen molar-refractivity contribution in [2.45, 2.75) is 164 Å². The van der Waals surface area contributed by atoms with Gasteiger partial charge in [0.1, 0.15) is 0 Å². The Morgan fingerprint density at radius 1 is 0.487 bits per heavy atom. The highest BCUT2D eigenvalue weighted by molar-refractivity contribution is 6.88. The molecule has 0 saturated carbocycles. The van der Waals surface area contributed by atoms with Crippen molar-refractivity contribution in [2.24, 2.45) is 0 Å². The second-order valence-corrected chi connectivity index (χ2v) is 26.3. The fourth-order valence-corrected chi connectivity index (χ4v) is 19.0. The van der Waals surface area contributed by atoms with Crippen LogP contribution in [0, 0.1) is 0 Å². The van der Waals surface area contributed by atoms with Crippen molar-refractivity contribution in [1.29, 1.82) is 0 Å². The van der Waals surface area contributed by atoms with Gasteiger partial charge in [-0.05, 0) is 99.7 Å². The molecule has 0 bridgehead atoms. The molecule has 10 heteroatoms. The molecule has 236 valence electrons. The molecule has 0 aromatic heterocycles. The maximum atomic E-state index is 7.52. The number of hydrogen-bond acceptors (Lipinski definition) is 7. The molecule has 0 aliphatic rings. The van der Waals surface area contributed by atoms with Gasteiger partial charge >= 0.3 is 25.7 Å². The average Bonchev–Trinajstić information content (AvgIpc) is 2.71. The fraction of sp³-hybridized carbons (Fsp3) is 1.00. The first-order chi connectivity index (χ1) is 17.3. The van der Waals surface area contributed by atoms with Gasteiger partial charge in [-0.3, -0.25) is 0 Å². The summed E-state index contributed by atoms with van der Waals surface area (Å²) in [5, 5.41) is 0. The molecule has 0 aliphatic heterocycles. The Bertz CT molecular complexity index is 698. The summed E-state index contributed by atoms with van der Waals surface area (Å²) in [5.74, 6) is 0. The summed E-state index contributed by atoms with van der Waals surface area (Å²) in [7, 11) is -9.13. The van der Waals surface area contributed by atoms with E-state index in [1.807, 2.05) is 6.92 Å². The van der Waals surface area contributed by atoms with E-state index >= 15 is 0 Å². The van der Waals surface area contributed by atoms with E-state index in [9.17, 15) is 0 Å². The smallest absolute Gasteiger partial charge is 0.359 e. The summed E-state index contributed by atoms with van der Waals surface area (Å²) >= 11 is 0. The molecule has 7 nitrogen and oxygen atoms in total. The lowest BCUT2D eigenvalue weighted by Gasteiger charge is -2.50. The normalized spacial score (nSPS) is 18.6. The second-order valence-electron chi connectivity index (χ2n) is 14.9. The maximum Gasteiger partial charge on any atom is 0.359 e. The highest BCUT2D eigenvalue weighted by Gasteiger charge is 2.59. The van der Waals surface area contributed by atoms with Gasteiger partial charge in [0.15, 0.2) is 0 Å². The topological polar surface area (TPSA) is 64.6 Å². The molecule has 39 heavy (non-hydrogen) atoms. The van der Waals surface area contributed by atoms with Crippen LogP contribution in [-0.2, 0) is 31.3 Å². The van der Waals surface area contributed by atoms with Gasteiger partial charge in [-0.25, -0.2) is 0 Å². The van der Waals surface area contributed by atoms with E-state index in [1.165, 1.54) is 0 Å². The minimum atomic E-state index is -3.18. The summed E-state index contributed by atoms with van der Waals surface area (Å²) in [6.07, 6.45) is 1.18. The Morgan fingerprint density at radius 2 is 0.795 bits per heavy atom. The van der Waals surface area contributed by atoms with Crippen LogP contribution >= 0.6 is 0 Å². The quantitative estimate of drug-likeness (QED) is 0.154. The average molecular weight is 611 g/mol.